The highest BCUT2D eigenvalue weighted by atomic mass is 32.1. The second-order valence-corrected chi connectivity index (χ2v) is 4.87. The molecule has 0 aromatic heterocycles. The molecule has 0 spiro atoms. The van der Waals surface area contributed by atoms with E-state index in [2.05, 4.69) is 12.6 Å². The lowest BCUT2D eigenvalue weighted by molar-refractivity contribution is 0.627. The van der Waals surface area contributed by atoms with Gasteiger partial charge in [0.1, 0.15) is 0 Å². The fourth-order valence-corrected chi connectivity index (χ4v) is 2.03. The van der Waals surface area contributed by atoms with Crippen molar-refractivity contribution in [3.05, 3.63) is 0 Å². The first-order valence-corrected chi connectivity index (χ1v) is 4.61. The van der Waals surface area contributed by atoms with E-state index in [1.165, 1.54) is 25.7 Å². The van der Waals surface area contributed by atoms with Gasteiger partial charge in [0, 0.05) is 4.75 Å². The number of nitrogens with two attached hydrogens (primary N) is 1. The van der Waals surface area contributed by atoms with E-state index < -0.39 is 0 Å². The lowest BCUT2D eigenvalue weighted by Gasteiger charge is -2.04. The zero-order valence-corrected chi connectivity index (χ0v) is 7.11. The molecule has 0 aromatic carbocycles. The predicted molar refractivity (Wildman–Crippen MR) is 46.2 cm³/mol. The first-order valence-electron chi connectivity index (χ1n) is 4.16. The van der Waals surface area contributed by atoms with Crippen LogP contribution in [-0.4, -0.2) is 11.3 Å². The molecular weight excluding hydrogens is 142 g/mol. The molecule has 1 nitrogen and oxygen atoms in total. The molecule has 2 rings (SSSR count). The minimum Gasteiger partial charge on any atom is -0.330 e. The maximum Gasteiger partial charge on any atom is 0.0133 e. The summed E-state index contributed by atoms with van der Waals surface area (Å²) in [6, 6.07) is 0. The summed E-state index contributed by atoms with van der Waals surface area (Å²) < 4.78 is 0.453. The van der Waals surface area contributed by atoms with Gasteiger partial charge >= 0.3 is 0 Å². The highest BCUT2D eigenvalue weighted by Crippen LogP contribution is 2.54. The lowest BCUT2D eigenvalue weighted by atomic mass is 10.1. The molecule has 2 N–H and O–H groups in total. The molecule has 0 aliphatic heterocycles. The Labute approximate surface area is 67.8 Å². The SMILES string of the molecule is NCC1CC1CC1(S)CC1. The molecule has 0 heterocycles. The van der Waals surface area contributed by atoms with E-state index in [0.29, 0.717) is 4.75 Å². The third-order valence-electron chi connectivity index (χ3n) is 2.84. The number of rotatable bonds is 3. The zero-order valence-electron chi connectivity index (χ0n) is 6.21. The second-order valence-electron chi connectivity index (χ2n) is 3.92. The molecule has 0 amide bonds. The van der Waals surface area contributed by atoms with E-state index in [9.17, 15) is 0 Å². The normalized spacial score (nSPS) is 41.4. The summed E-state index contributed by atoms with van der Waals surface area (Å²) in [5.41, 5.74) is 5.54. The van der Waals surface area contributed by atoms with E-state index in [1.807, 2.05) is 0 Å². The van der Waals surface area contributed by atoms with Crippen molar-refractivity contribution in [3.8, 4) is 0 Å². The largest absolute Gasteiger partial charge is 0.330 e. The van der Waals surface area contributed by atoms with Crippen molar-refractivity contribution in [1.82, 2.24) is 0 Å². The molecule has 2 heteroatoms. The van der Waals surface area contributed by atoms with Crippen LogP contribution in [0.1, 0.15) is 25.7 Å². The Morgan fingerprint density at radius 2 is 2.10 bits per heavy atom. The van der Waals surface area contributed by atoms with Crippen molar-refractivity contribution in [2.75, 3.05) is 6.54 Å². The zero-order chi connectivity index (χ0) is 7.19. The van der Waals surface area contributed by atoms with Gasteiger partial charge in [-0.25, -0.2) is 0 Å². The fraction of sp³-hybridized carbons (Fsp3) is 1.00. The Morgan fingerprint density at radius 1 is 1.40 bits per heavy atom. The molecular formula is C8H15NS. The minimum atomic E-state index is 0.453. The summed E-state index contributed by atoms with van der Waals surface area (Å²) in [5.74, 6) is 1.79. The van der Waals surface area contributed by atoms with Crippen LogP contribution in [0.4, 0.5) is 0 Å². The molecule has 2 aliphatic rings. The van der Waals surface area contributed by atoms with Gasteiger partial charge in [0.15, 0.2) is 0 Å². The van der Waals surface area contributed by atoms with Crippen LogP contribution in [0.15, 0.2) is 0 Å². The van der Waals surface area contributed by atoms with Gasteiger partial charge in [-0.15, -0.1) is 0 Å². The summed E-state index contributed by atoms with van der Waals surface area (Å²) in [6.45, 7) is 0.897. The second kappa shape index (κ2) is 2.15. The molecule has 2 saturated carbocycles. The third-order valence-corrected chi connectivity index (χ3v) is 3.47. The van der Waals surface area contributed by atoms with Gasteiger partial charge in [0.25, 0.3) is 0 Å². The molecule has 0 bridgehead atoms. The van der Waals surface area contributed by atoms with Crippen LogP contribution in [0.3, 0.4) is 0 Å². The molecule has 0 saturated heterocycles. The maximum absolute atomic E-state index is 5.54. The van der Waals surface area contributed by atoms with E-state index in [-0.39, 0.29) is 0 Å². The van der Waals surface area contributed by atoms with E-state index in [1.54, 1.807) is 0 Å². The summed E-state index contributed by atoms with van der Waals surface area (Å²) in [7, 11) is 0. The quantitative estimate of drug-likeness (QED) is 0.596. The highest BCUT2D eigenvalue weighted by Gasteiger charge is 2.47. The Kier molecular flexibility index (Phi) is 1.50. The van der Waals surface area contributed by atoms with Crippen molar-refractivity contribution in [2.45, 2.75) is 30.4 Å². The molecule has 0 aromatic rings. The summed E-state index contributed by atoms with van der Waals surface area (Å²) in [4.78, 5) is 0. The predicted octanol–water partition coefficient (Wildman–Crippen LogP) is 1.43. The van der Waals surface area contributed by atoms with Gasteiger partial charge in [0.05, 0.1) is 0 Å². The highest BCUT2D eigenvalue weighted by molar-refractivity contribution is 7.82. The van der Waals surface area contributed by atoms with Gasteiger partial charge in [-0.3, -0.25) is 0 Å². The number of hydrogen-bond donors (Lipinski definition) is 2. The number of hydrogen-bond acceptors (Lipinski definition) is 2. The van der Waals surface area contributed by atoms with Crippen molar-refractivity contribution in [3.63, 3.8) is 0 Å². The van der Waals surface area contributed by atoms with Crippen molar-refractivity contribution in [2.24, 2.45) is 17.6 Å². The van der Waals surface area contributed by atoms with Crippen molar-refractivity contribution >= 4 is 12.6 Å². The Balaban J connectivity index is 1.73. The van der Waals surface area contributed by atoms with Crippen LogP contribution in [-0.2, 0) is 0 Å². The summed E-state index contributed by atoms with van der Waals surface area (Å²) in [6.07, 6.45) is 5.38. The summed E-state index contributed by atoms with van der Waals surface area (Å²) >= 11 is 4.58. The van der Waals surface area contributed by atoms with E-state index in [0.717, 1.165) is 18.4 Å². The van der Waals surface area contributed by atoms with Crippen LogP contribution in [0.2, 0.25) is 0 Å². The minimum absolute atomic E-state index is 0.453. The third kappa shape index (κ3) is 1.32. The van der Waals surface area contributed by atoms with Crippen LogP contribution in [0, 0.1) is 11.8 Å². The van der Waals surface area contributed by atoms with E-state index >= 15 is 0 Å². The van der Waals surface area contributed by atoms with Gasteiger partial charge < -0.3 is 5.73 Å². The molecule has 58 valence electrons. The molecule has 2 atom stereocenters. The van der Waals surface area contributed by atoms with Gasteiger partial charge in [0.2, 0.25) is 0 Å². The Hall–Kier alpha value is 0.310. The monoisotopic (exact) mass is 157 g/mol. The first kappa shape index (κ1) is 6.99. The summed E-state index contributed by atoms with van der Waals surface area (Å²) in [5, 5.41) is 0. The topological polar surface area (TPSA) is 26.0 Å². The Bertz CT molecular complexity index is 142. The Morgan fingerprint density at radius 3 is 2.50 bits per heavy atom. The lowest BCUT2D eigenvalue weighted by Crippen LogP contribution is -2.05. The smallest absolute Gasteiger partial charge is 0.0133 e. The van der Waals surface area contributed by atoms with Crippen LogP contribution in [0.5, 0.6) is 0 Å². The van der Waals surface area contributed by atoms with E-state index in [4.69, 9.17) is 5.73 Å². The maximum atomic E-state index is 5.54. The standard InChI is InChI=1S/C8H15NS/c9-5-7-3-6(7)4-8(10)1-2-8/h6-7,10H,1-5,9H2. The van der Waals surface area contributed by atoms with Crippen LogP contribution in [0.25, 0.3) is 0 Å². The first-order chi connectivity index (χ1) is 4.73. The average Bonchev–Trinajstić information content (AvgIpc) is 2.74. The van der Waals surface area contributed by atoms with Gasteiger partial charge in [-0.1, -0.05) is 0 Å². The van der Waals surface area contributed by atoms with Gasteiger partial charge in [-0.2, -0.15) is 12.6 Å². The van der Waals surface area contributed by atoms with Crippen molar-refractivity contribution < 1.29 is 0 Å². The van der Waals surface area contributed by atoms with Crippen molar-refractivity contribution in [1.29, 1.82) is 0 Å². The van der Waals surface area contributed by atoms with Gasteiger partial charge in [-0.05, 0) is 44.1 Å². The molecule has 2 fully saturated rings. The fourth-order valence-electron chi connectivity index (χ4n) is 1.69. The molecule has 0 radical (unpaired) electrons. The molecule has 10 heavy (non-hydrogen) atoms. The van der Waals surface area contributed by atoms with Crippen LogP contribution < -0.4 is 5.73 Å². The average molecular weight is 157 g/mol. The van der Waals surface area contributed by atoms with Crippen LogP contribution >= 0.6 is 12.6 Å². The molecule has 2 unspecified atom stereocenters. The number of thiol groups is 1. The molecule has 2 aliphatic carbocycles.